The van der Waals surface area contributed by atoms with Gasteiger partial charge in [-0.05, 0) is 25.0 Å². The summed E-state index contributed by atoms with van der Waals surface area (Å²) >= 11 is 0. The Hall–Kier alpha value is -2.44. The maximum absolute atomic E-state index is 12.4. The van der Waals surface area contributed by atoms with E-state index in [9.17, 15) is 14.7 Å². The number of nitrogens with zero attached hydrogens (tertiary/aromatic N) is 3. The number of amides is 1. The van der Waals surface area contributed by atoms with Crippen molar-refractivity contribution in [2.24, 2.45) is 5.92 Å². The van der Waals surface area contributed by atoms with Crippen LogP contribution in [-0.4, -0.2) is 37.6 Å². The van der Waals surface area contributed by atoms with E-state index < -0.39 is 11.9 Å². The Balaban J connectivity index is 1.77. The molecule has 1 aliphatic carbocycles. The van der Waals surface area contributed by atoms with Crippen LogP contribution in [0.15, 0.2) is 24.7 Å². The average Bonchev–Trinajstić information content (AvgIpc) is 2.84. The zero-order valence-electron chi connectivity index (χ0n) is 12.1. The molecular formula is C15H18N4O3. The van der Waals surface area contributed by atoms with Crippen LogP contribution in [0.1, 0.15) is 42.5 Å². The monoisotopic (exact) mass is 302 g/mol. The van der Waals surface area contributed by atoms with Crippen molar-refractivity contribution in [3.8, 4) is 0 Å². The highest BCUT2D eigenvalue weighted by molar-refractivity contribution is 5.94. The van der Waals surface area contributed by atoms with Crippen molar-refractivity contribution < 1.29 is 14.7 Å². The topological polar surface area (TPSA) is 96.6 Å². The summed E-state index contributed by atoms with van der Waals surface area (Å²) in [5.41, 5.74) is 1.13. The zero-order chi connectivity index (χ0) is 15.5. The number of carboxylic acid groups (broad SMARTS) is 1. The van der Waals surface area contributed by atoms with Crippen molar-refractivity contribution in [1.29, 1.82) is 0 Å². The number of fused-ring (bicyclic) bond motifs is 1. The Morgan fingerprint density at radius 1 is 1.23 bits per heavy atom. The molecule has 0 radical (unpaired) electrons. The van der Waals surface area contributed by atoms with Crippen molar-refractivity contribution >= 4 is 17.5 Å². The molecule has 1 aliphatic rings. The van der Waals surface area contributed by atoms with Crippen LogP contribution in [-0.2, 0) is 4.79 Å². The van der Waals surface area contributed by atoms with Gasteiger partial charge in [0.25, 0.3) is 5.91 Å². The fourth-order valence-corrected chi connectivity index (χ4v) is 2.99. The number of rotatable bonds is 3. The first-order chi connectivity index (χ1) is 10.6. The summed E-state index contributed by atoms with van der Waals surface area (Å²) in [5.74, 6) is -1.60. The van der Waals surface area contributed by atoms with E-state index in [4.69, 9.17) is 0 Å². The lowest BCUT2D eigenvalue weighted by Gasteiger charge is -2.22. The Morgan fingerprint density at radius 2 is 2.05 bits per heavy atom. The number of hydrogen-bond donors (Lipinski definition) is 2. The third-order valence-corrected chi connectivity index (χ3v) is 4.20. The van der Waals surface area contributed by atoms with Crippen molar-refractivity contribution in [3.05, 3.63) is 30.2 Å². The number of pyridine rings is 1. The average molecular weight is 302 g/mol. The largest absolute Gasteiger partial charge is 0.481 e. The van der Waals surface area contributed by atoms with Crippen LogP contribution in [0.2, 0.25) is 0 Å². The molecule has 116 valence electrons. The SMILES string of the molecule is O=C(N[C@H]1CCCCC[C@H]1C(=O)O)c1ccc2nncn2c1. The van der Waals surface area contributed by atoms with Crippen molar-refractivity contribution in [1.82, 2.24) is 19.9 Å². The van der Waals surface area contributed by atoms with Gasteiger partial charge in [-0.15, -0.1) is 10.2 Å². The second-order valence-electron chi connectivity index (χ2n) is 5.68. The van der Waals surface area contributed by atoms with Crippen LogP contribution in [0.3, 0.4) is 0 Å². The molecule has 0 bridgehead atoms. The standard InChI is InChI=1S/C15H18N4O3/c20-14(10-6-7-13-18-16-9-19(13)8-10)17-12-5-3-1-2-4-11(12)15(21)22/h6-9,11-12H,1-5H2,(H,17,20)(H,21,22)/t11-,12+/m1/s1. The van der Waals surface area contributed by atoms with Gasteiger partial charge < -0.3 is 10.4 Å². The highest BCUT2D eigenvalue weighted by Crippen LogP contribution is 2.24. The summed E-state index contributed by atoms with van der Waals surface area (Å²) in [5, 5.41) is 19.9. The molecule has 0 aromatic carbocycles. The van der Waals surface area contributed by atoms with Gasteiger partial charge in [0.2, 0.25) is 0 Å². The normalized spacial score (nSPS) is 22.2. The molecule has 2 heterocycles. The van der Waals surface area contributed by atoms with Crippen molar-refractivity contribution in [2.75, 3.05) is 0 Å². The molecule has 22 heavy (non-hydrogen) atoms. The van der Waals surface area contributed by atoms with E-state index in [1.54, 1.807) is 22.7 Å². The summed E-state index contributed by atoms with van der Waals surface area (Å²) in [4.78, 5) is 23.8. The molecule has 2 aromatic rings. The molecule has 0 saturated heterocycles. The number of aromatic nitrogens is 3. The minimum absolute atomic E-state index is 0.256. The van der Waals surface area contributed by atoms with Crippen LogP contribution in [0.4, 0.5) is 0 Å². The molecule has 0 spiro atoms. The third kappa shape index (κ3) is 2.93. The van der Waals surface area contributed by atoms with Crippen LogP contribution in [0.25, 0.3) is 5.65 Å². The first kappa shape index (κ1) is 14.5. The van der Waals surface area contributed by atoms with Gasteiger partial charge in [-0.25, -0.2) is 0 Å². The quantitative estimate of drug-likeness (QED) is 0.837. The van der Waals surface area contributed by atoms with Gasteiger partial charge in [0.05, 0.1) is 11.5 Å². The van der Waals surface area contributed by atoms with Crippen molar-refractivity contribution in [3.63, 3.8) is 0 Å². The Morgan fingerprint density at radius 3 is 2.86 bits per heavy atom. The summed E-state index contributed by atoms with van der Waals surface area (Å²) < 4.78 is 1.66. The molecule has 0 aliphatic heterocycles. The molecule has 0 unspecified atom stereocenters. The van der Waals surface area contributed by atoms with Gasteiger partial charge in [-0.3, -0.25) is 14.0 Å². The maximum atomic E-state index is 12.4. The molecule has 1 saturated carbocycles. The van der Waals surface area contributed by atoms with Crippen LogP contribution in [0, 0.1) is 5.92 Å². The molecule has 2 N–H and O–H groups in total. The van der Waals surface area contributed by atoms with E-state index in [0.717, 1.165) is 19.3 Å². The second kappa shape index (κ2) is 6.13. The minimum Gasteiger partial charge on any atom is -0.481 e. The lowest BCUT2D eigenvalue weighted by atomic mass is 9.94. The minimum atomic E-state index is -0.832. The third-order valence-electron chi connectivity index (χ3n) is 4.20. The van der Waals surface area contributed by atoms with E-state index >= 15 is 0 Å². The summed E-state index contributed by atoms with van der Waals surface area (Å²) in [6, 6.07) is 3.07. The Kier molecular flexibility index (Phi) is 4.04. The molecular weight excluding hydrogens is 284 g/mol. The van der Waals surface area contributed by atoms with Gasteiger partial charge in [-0.2, -0.15) is 0 Å². The maximum Gasteiger partial charge on any atom is 0.308 e. The van der Waals surface area contributed by atoms with Crippen molar-refractivity contribution in [2.45, 2.75) is 38.1 Å². The number of nitrogens with one attached hydrogen (secondary N) is 1. The smallest absolute Gasteiger partial charge is 0.308 e. The number of carbonyl (C=O) groups excluding carboxylic acids is 1. The van der Waals surface area contributed by atoms with Gasteiger partial charge in [0.1, 0.15) is 6.33 Å². The highest BCUT2D eigenvalue weighted by Gasteiger charge is 2.30. The fraction of sp³-hybridized carbons (Fsp3) is 0.467. The molecule has 3 rings (SSSR count). The zero-order valence-corrected chi connectivity index (χ0v) is 12.1. The molecule has 7 heteroatoms. The molecule has 7 nitrogen and oxygen atoms in total. The predicted molar refractivity (Wildman–Crippen MR) is 78.5 cm³/mol. The molecule has 2 atom stereocenters. The summed E-state index contributed by atoms with van der Waals surface area (Å²) in [7, 11) is 0. The summed E-state index contributed by atoms with van der Waals surface area (Å²) in [6.45, 7) is 0. The van der Waals surface area contributed by atoms with Crippen LogP contribution >= 0.6 is 0 Å². The molecule has 1 amide bonds. The first-order valence-electron chi connectivity index (χ1n) is 7.48. The van der Waals surface area contributed by atoms with E-state index in [1.165, 1.54) is 6.33 Å². The van der Waals surface area contributed by atoms with Gasteiger partial charge in [0.15, 0.2) is 5.65 Å². The predicted octanol–water partition coefficient (Wildman–Crippen LogP) is 1.49. The van der Waals surface area contributed by atoms with E-state index in [1.807, 2.05) is 0 Å². The lowest BCUT2D eigenvalue weighted by Crippen LogP contribution is -2.42. The van der Waals surface area contributed by atoms with E-state index in [0.29, 0.717) is 24.1 Å². The number of aliphatic carboxylic acids is 1. The Labute approximate surface area is 127 Å². The van der Waals surface area contributed by atoms with Gasteiger partial charge in [0, 0.05) is 12.2 Å². The van der Waals surface area contributed by atoms with Crippen LogP contribution in [0.5, 0.6) is 0 Å². The molecule has 1 fully saturated rings. The number of carboxylic acids is 1. The summed E-state index contributed by atoms with van der Waals surface area (Å²) in [6.07, 6.45) is 7.36. The Bertz CT molecular complexity index is 697. The number of carbonyl (C=O) groups is 2. The lowest BCUT2D eigenvalue weighted by molar-refractivity contribution is -0.142. The van der Waals surface area contributed by atoms with Gasteiger partial charge in [-0.1, -0.05) is 19.3 Å². The van der Waals surface area contributed by atoms with E-state index in [-0.39, 0.29) is 11.9 Å². The first-order valence-corrected chi connectivity index (χ1v) is 7.48. The highest BCUT2D eigenvalue weighted by atomic mass is 16.4. The fourth-order valence-electron chi connectivity index (χ4n) is 2.99. The van der Waals surface area contributed by atoms with E-state index in [2.05, 4.69) is 15.5 Å². The number of hydrogen-bond acceptors (Lipinski definition) is 4. The second-order valence-corrected chi connectivity index (χ2v) is 5.68. The van der Waals surface area contributed by atoms with Gasteiger partial charge >= 0.3 is 5.97 Å². The molecule has 2 aromatic heterocycles. The van der Waals surface area contributed by atoms with Crippen LogP contribution < -0.4 is 5.32 Å².